The maximum atomic E-state index is 13.4. The molecule has 0 spiro atoms. The lowest BCUT2D eigenvalue weighted by molar-refractivity contribution is -0.386. The van der Waals surface area contributed by atoms with Crippen LogP contribution in [-0.2, 0) is 47.5 Å². The van der Waals surface area contributed by atoms with Crippen molar-refractivity contribution in [1.29, 1.82) is 0 Å². The van der Waals surface area contributed by atoms with E-state index in [0.29, 0.717) is 12.8 Å². The highest BCUT2D eigenvalue weighted by atomic mass is 16.8. The SMILES string of the molecule is CCCCCCCCCCCCCC=CC(O)C(COC1OC(CO)C(OC2OC(CO)C(OC3OC(CO)C(O)C(OC4OC(CO)C(O)C(O)C4NC(C)=O)C3O)C(O)C2O)C(O)C1O)NC(=O)CCCCCCCCCCCCCCCCC. The smallest absolute Gasteiger partial charge is 0.220 e. The van der Waals surface area contributed by atoms with Gasteiger partial charge in [0.05, 0.1) is 45.2 Å². The van der Waals surface area contributed by atoms with Crippen LogP contribution in [0.5, 0.6) is 0 Å². The van der Waals surface area contributed by atoms with Gasteiger partial charge in [-0.1, -0.05) is 180 Å². The Morgan fingerprint density at radius 3 is 1.31 bits per heavy atom. The van der Waals surface area contributed by atoms with Crippen molar-refractivity contribution in [3.05, 3.63) is 12.2 Å². The lowest BCUT2D eigenvalue weighted by Crippen LogP contribution is -2.69. The van der Waals surface area contributed by atoms with E-state index in [1.54, 1.807) is 6.08 Å². The first-order chi connectivity index (χ1) is 42.0. The van der Waals surface area contributed by atoms with E-state index in [1.807, 2.05) is 6.08 Å². The minimum Gasteiger partial charge on any atom is -0.394 e. The molecule has 0 saturated carbocycles. The summed E-state index contributed by atoms with van der Waals surface area (Å²) in [5.41, 5.74) is 0. The van der Waals surface area contributed by atoms with Crippen LogP contribution in [0.3, 0.4) is 0 Å². The molecule has 15 N–H and O–H groups in total. The van der Waals surface area contributed by atoms with Crippen LogP contribution in [-0.4, -0.2) is 246 Å². The molecular formula is C62H114N2O23. The van der Waals surface area contributed by atoms with E-state index in [4.69, 9.17) is 37.9 Å². The van der Waals surface area contributed by atoms with Crippen LogP contribution in [0.2, 0.25) is 0 Å². The standard InChI is InChI=1S/C62H114N2O23/c1-4-6-8-10-12-14-16-18-19-21-23-25-27-29-31-33-46(71)64-40(41(70)32-30-28-26-24-22-20-17-15-13-11-9-7-5-2)38-80-60-53(77)51(75)56(44(36-67)83-60)85-61-54(78)52(76)57(45(37-68)84-61)86-62-55(79)58(49(73)43(35-66)82-62)87-59-47(63-39(3)69)50(74)48(72)42(34-65)81-59/h30,32,40-45,47-62,65-68,70,72-79H,4-29,31,33-38H2,1-3H3,(H,63,69)(H,64,71). The minimum absolute atomic E-state index is 0.218. The van der Waals surface area contributed by atoms with Gasteiger partial charge in [-0.2, -0.15) is 0 Å². The Hall–Kier alpha value is -2.16. The van der Waals surface area contributed by atoms with Gasteiger partial charge in [0.25, 0.3) is 0 Å². The Balaban J connectivity index is 1.34. The summed E-state index contributed by atoms with van der Waals surface area (Å²) >= 11 is 0. The zero-order valence-electron chi connectivity index (χ0n) is 52.1. The van der Waals surface area contributed by atoms with Crippen LogP contribution in [0, 0.1) is 0 Å². The number of carbonyl (C=O) groups excluding carboxylic acids is 2. The first-order valence-electron chi connectivity index (χ1n) is 32.9. The second-order valence-electron chi connectivity index (χ2n) is 24.3. The molecule has 4 rings (SSSR count). The molecule has 4 heterocycles. The number of nitrogens with one attached hydrogen (secondary N) is 2. The summed E-state index contributed by atoms with van der Waals surface area (Å²) in [5.74, 6) is -1.00. The molecule has 4 aliphatic rings. The van der Waals surface area contributed by atoms with Gasteiger partial charge in [-0.15, -0.1) is 0 Å². The zero-order chi connectivity index (χ0) is 63.7. The fraction of sp³-hybridized carbons (Fsp3) is 0.935. The summed E-state index contributed by atoms with van der Waals surface area (Å²) in [7, 11) is 0. The molecule has 25 heteroatoms. The van der Waals surface area contributed by atoms with E-state index in [2.05, 4.69) is 24.5 Å². The van der Waals surface area contributed by atoms with Crippen LogP contribution >= 0.6 is 0 Å². The predicted molar refractivity (Wildman–Crippen MR) is 317 cm³/mol. The van der Waals surface area contributed by atoms with Gasteiger partial charge in [0, 0.05) is 13.3 Å². The maximum absolute atomic E-state index is 13.4. The first kappa shape index (κ1) is 77.3. The number of aliphatic hydroxyl groups excluding tert-OH is 13. The molecular weight excluding hydrogens is 1140 g/mol. The molecule has 0 bridgehead atoms. The predicted octanol–water partition coefficient (Wildman–Crippen LogP) is 1.78. The van der Waals surface area contributed by atoms with Gasteiger partial charge < -0.3 is 115 Å². The highest BCUT2D eigenvalue weighted by Gasteiger charge is 2.56. The van der Waals surface area contributed by atoms with E-state index in [0.717, 1.165) is 51.9 Å². The maximum Gasteiger partial charge on any atom is 0.220 e. The van der Waals surface area contributed by atoms with E-state index < -0.39 is 174 Å². The first-order valence-corrected chi connectivity index (χ1v) is 32.9. The van der Waals surface area contributed by atoms with E-state index in [9.17, 15) is 76.0 Å². The van der Waals surface area contributed by atoms with Crippen molar-refractivity contribution >= 4 is 11.8 Å². The van der Waals surface area contributed by atoms with Gasteiger partial charge in [-0.25, -0.2) is 0 Å². The number of hydrogen-bond acceptors (Lipinski definition) is 23. The number of ether oxygens (including phenoxy) is 8. The summed E-state index contributed by atoms with van der Waals surface area (Å²) in [6.07, 6.45) is -0.0122. The van der Waals surface area contributed by atoms with Gasteiger partial charge >= 0.3 is 0 Å². The van der Waals surface area contributed by atoms with Crippen molar-refractivity contribution < 1.29 is 114 Å². The quantitative estimate of drug-likeness (QED) is 0.0305. The van der Waals surface area contributed by atoms with Gasteiger partial charge in [0.15, 0.2) is 25.2 Å². The Labute approximate surface area is 515 Å². The average molecular weight is 1260 g/mol. The fourth-order valence-electron chi connectivity index (χ4n) is 11.7. The molecule has 510 valence electrons. The number of unbranched alkanes of at least 4 members (excludes halogenated alkanes) is 25. The van der Waals surface area contributed by atoms with Crippen molar-refractivity contribution in [1.82, 2.24) is 10.6 Å². The third kappa shape index (κ3) is 26.0. The number of hydrogen-bond donors (Lipinski definition) is 15. The van der Waals surface area contributed by atoms with Crippen molar-refractivity contribution in [2.45, 2.75) is 335 Å². The van der Waals surface area contributed by atoms with E-state index in [1.165, 1.54) is 116 Å². The highest BCUT2D eigenvalue weighted by Crippen LogP contribution is 2.35. The number of allylic oxidation sites excluding steroid dienone is 1. The largest absolute Gasteiger partial charge is 0.394 e. The molecule has 4 aliphatic heterocycles. The lowest BCUT2D eigenvalue weighted by atomic mass is 9.95. The topological polar surface area (TPSA) is 395 Å². The second-order valence-corrected chi connectivity index (χ2v) is 24.3. The molecule has 4 saturated heterocycles. The Bertz CT molecular complexity index is 1830. The monoisotopic (exact) mass is 1250 g/mol. The lowest BCUT2D eigenvalue weighted by Gasteiger charge is -2.49. The van der Waals surface area contributed by atoms with Crippen molar-refractivity contribution in [3.63, 3.8) is 0 Å². The van der Waals surface area contributed by atoms with E-state index in [-0.39, 0.29) is 12.3 Å². The molecule has 0 aliphatic carbocycles. The summed E-state index contributed by atoms with van der Waals surface area (Å²) in [6.45, 7) is 1.61. The van der Waals surface area contributed by atoms with Crippen LogP contribution in [0.15, 0.2) is 12.2 Å². The molecule has 0 aromatic carbocycles. The molecule has 22 atom stereocenters. The van der Waals surface area contributed by atoms with Gasteiger partial charge in [-0.05, 0) is 19.3 Å². The van der Waals surface area contributed by atoms with E-state index >= 15 is 0 Å². The molecule has 0 radical (unpaired) electrons. The number of aliphatic hydroxyl groups is 13. The molecule has 2 amide bonds. The molecule has 4 fully saturated rings. The fourth-order valence-corrected chi connectivity index (χ4v) is 11.7. The second kappa shape index (κ2) is 43.6. The van der Waals surface area contributed by atoms with Crippen LogP contribution in [0.25, 0.3) is 0 Å². The molecule has 87 heavy (non-hydrogen) atoms. The third-order valence-corrected chi connectivity index (χ3v) is 17.1. The van der Waals surface area contributed by atoms with Gasteiger partial charge in [0.2, 0.25) is 11.8 Å². The van der Waals surface area contributed by atoms with Crippen molar-refractivity contribution in [2.24, 2.45) is 0 Å². The summed E-state index contributed by atoms with van der Waals surface area (Å²) in [5, 5.41) is 147. The summed E-state index contributed by atoms with van der Waals surface area (Å²) in [6, 6.07) is -2.53. The van der Waals surface area contributed by atoms with Crippen molar-refractivity contribution in [2.75, 3.05) is 33.0 Å². The number of amides is 2. The average Bonchev–Trinajstić information content (AvgIpc) is 2.49. The van der Waals surface area contributed by atoms with Crippen LogP contribution in [0.1, 0.15) is 201 Å². The molecule has 0 aromatic heterocycles. The minimum atomic E-state index is -2.09. The van der Waals surface area contributed by atoms with Gasteiger partial charge in [-0.3, -0.25) is 9.59 Å². The number of carbonyl (C=O) groups is 2. The Morgan fingerprint density at radius 1 is 0.448 bits per heavy atom. The summed E-state index contributed by atoms with van der Waals surface area (Å²) in [4.78, 5) is 25.4. The molecule has 25 nitrogen and oxygen atoms in total. The molecule has 0 aromatic rings. The van der Waals surface area contributed by atoms with Crippen LogP contribution < -0.4 is 10.6 Å². The van der Waals surface area contributed by atoms with Crippen LogP contribution in [0.4, 0.5) is 0 Å². The van der Waals surface area contributed by atoms with Crippen molar-refractivity contribution in [3.8, 4) is 0 Å². The molecule has 22 unspecified atom stereocenters. The Kier molecular flexibility index (Phi) is 38.8. The third-order valence-electron chi connectivity index (χ3n) is 17.1. The highest BCUT2D eigenvalue weighted by molar-refractivity contribution is 5.76. The van der Waals surface area contributed by atoms with Gasteiger partial charge in [0.1, 0.15) is 97.6 Å². The normalized spacial score (nSPS) is 33.8. The zero-order valence-corrected chi connectivity index (χ0v) is 52.1. The Morgan fingerprint density at radius 2 is 0.839 bits per heavy atom. The summed E-state index contributed by atoms with van der Waals surface area (Å²) < 4.78 is 46.4. The number of rotatable bonds is 45.